The number of halogens is 1. The van der Waals surface area contributed by atoms with E-state index in [0.717, 1.165) is 16.6 Å². The maximum absolute atomic E-state index is 12.3. The number of hydrogen-bond acceptors (Lipinski definition) is 2. The largest absolute Gasteiger partial charge is 0.351 e. The molecule has 0 radical (unpaired) electrons. The van der Waals surface area contributed by atoms with E-state index >= 15 is 0 Å². The van der Waals surface area contributed by atoms with E-state index in [0.29, 0.717) is 15.8 Å². The standard InChI is InChI=1S/C16H18ClNOS/c17-14-12-8-4-5-9-13(12)20-15(14)16(19)18-10-11-6-2-1-3-7-11/h4-5,8-9,11H,1-3,6-7,10H2,(H,18,19). The highest BCUT2D eigenvalue weighted by Gasteiger charge is 2.19. The molecule has 2 aromatic rings. The van der Waals surface area contributed by atoms with Gasteiger partial charge >= 0.3 is 0 Å². The second-order valence-electron chi connectivity index (χ2n) is 5.46. The van der Waals surface area contributed by atoms with Gasteiger partial charge in [0.05, 0.1) is 5.02 Å². The van der Waals surface area contributed by atoms with Crippen LogP contribution in [0.3, 0.4) is 0 Å². The van der Waals surface area contributed by atoms with Crippen LogP contribution in [0.2, 0.25) is 5.02 Å². The number of carbonyl (C=O) groups is 1. The Morgan fingerprint density at radius 3 is 2.75 bits per heavy atom. The fraction of sp³-hybridized carbons (Fsp3) is 0.438. The van der Waals surface area contributed by atoms with Crippen molar-refractivity contribution < 1.29 is 4.79 Å². The van der Waals surface area contributed by atoms with Gasteiger partial charge in [0.1, 0.15) is 4.88 Å². The van der Waals surface area contributed by atoms with Crippen LogP contribution in [0.25, 0.3) is 10.1 Å². The third-order valence-corrected chi connectivity index (χ3v) is 5.69. The molecule has 0 unspecified atom stereocenters. The van der Waals surface area contributed by atoms with E-state index in [1.54, 1.807) is 0 Å². The Morgan fingerprint density at radius 2 is 2.00 bits per heavy atom. The van der Waals surface area contributed by atoms with E-state index in [-0.39, 0.29) is 5.91 Å². The molecule has 0 bridgehead atoms. The number of carbonyl (C=O) groups excluding carboxylic acids is 1. The van der Waals surface area contributed by atoms with Gasteiger partial charge in [-0.3, -0.25) is 4.79 Å². The van der Waals surface area contributed by atoms with Gasteiger partial charge in [-0.25, -0.2) is 0 Å². The quantitative estimate of drug-likeness (QED) is 0.861. The van der Waals surface area contributed by atoms with Crippen LogP contribution in [0.5, 0.6) is 0 Å². The van der Waals surface area contributed by atoms with Crippen LogP contribution in [0.15, 0.2) is 24.3 Å². The summed E-state index contributed by atoms with van der Waals surface area (Å²) >= 11 is 7.80. The zero-order valence-corrected chi connectivity index (χ0v) is 12.9. The summed E-state index contributed by atoms with van der Waals surface area (Å²) in [5.74, 6) is 0.614. The minimum absolute atomic E-state index is 0.0261. The molecule has 2 nitrogen and oxygen atoms in total. The lowest BCUT2D eigenvalue weighted by Gasteiger charge is -2.21. The van der Waals surface area contributed by atoms with Gasteiger partial charge in [-0.2, -0.15) is 0 Å². The second-order valence-corrected chi connectivity index (χ2v) is 6.89. The highest BCUT2D eigenvalue weighted by molar-refractivity contribution is 7.21. The number of amides is 1. The molecular weight excluding hydrogens is 290 g/mol. The van der Waals surface area contributed by atoms with Crippen LogP contribution in [0, 0.1) is 5.92 Å². The minimum Gasteiger partial charge on any atom is -0.351 e. The molecule has 1 N–H and O–H groups in total. The predicted octanol–water partition coefficient (Wildman–Crippen LogP) is 4.86. The molecule has 1 heterocycles. The Balaban J connectivity index is 1.70. The van der Waals surface area contributed by atoms with Gasteiger partial charge in [-0.1, -0.05) is 49.1 Å². The highest BCUT2D eigenvalue weighted by Crippen LogP contribution is 2.35. The van der Waals surface area contributed by atoms with Gasteiger partial charge in [0.2, 0.25) is 0 Å². The Labute approximate surface area is 128 Å². The molecule has 1 saturated carbocycles. The fourth-order valence-electron chi connectivity index (χ4n) is 2.87. The topological polar surface area (TPSA) is 29.1 Å². The molecule has 1 aromatic heterocycles. The molecule has 1 aliphatic rings. The molecule has 1 aliphatic carbocycles. The summed E-state index contributed by atoms with van der Waals surface area (Å²) in [6.45, 7) is 0.781. The van der Waals surface area contributed by atoms with E-state index in [1.165, 1.54) is 43.4 Å². The first-order valence-electron chi connectivity index (χ1n) is 7.21. The van der Waals surface area contributed by atoms with Gasteiger partial charge in [0.25, 0.3) is 5.91 Å². The summed E-state index contributed by atoms with van der Waals surface area (Å²) in [6.07, 6.45) is 6.40. The molecule has 1 amide bonds. The smallest absolute Gasteiger partial charge is 0.262 e. The Morgan fingerprint density at radius 1 is 1.25 bits per heavy atom. The lowest BCUT2D eigenvalue weighted by atomic mass is 9.89. The molecule has 106 valence electrons. The monoisotopic (exact) mass is 307 g/mol. The molecular formula is C16H18ClNOS. The lowest BCUT2D eigenvalue weighted by molar-refractivity contribution is 0.0948. The van der Waals surface area contributed by atoms with E-state index in [2.05, 4.69) is 5.32 Å². The van der Waals surface area contributed by atoms with Crippen LogP contribution in [0.4, 0.5) is 0 Å². The molecule has 0 spiro atoms. The Hall–Kier alpha value is -1.06. The number of thiophene rings is 1. The average Bonchev–Trinajstić information content (AvgIpc) is 2.84. The molecule has 4 heteroatoms. The Bertz CT molecular complexity index is 616. The van der Waals surface area contributed by atoms with Gasteiger partial charge in [-0.05, 0) is 24.8 Å². The average molecular weight is 308 g/mol. The zero-order chi connectivity index (χ0) is 13.9. The number of rotatable bonds is 3. The van der Waals surface area contributed by atoms with Crippen molar-refractivity contribution in [3.8, 4) is 0 Å². The molecule has 0 aliphatic heterocycles. The maximum Gasteiger partial charge on any atom is 0.262 e. The summed E-state index contributed by atoms with van der Waals surface area (Å²) in [6, 6.07) is 7.89. The molecule has 20 heavy (non-hydrogen) atoms. The van der Waals surface area contributed by atoms with Gasteiger partial charge < -0.3 is 5.32 Å². The van der Waals surface area contributed by atoms with Crippen LogP contribution in [0.1, 0.15) is 41.8 Å². The first kappa shape index (κ1) is 13.9. The van der Waals surface area contributed by atoms with Crippen molar-refractivity contribution in [2.75, 3.05) is 6.54 Å². The van der Waals surface area contributed by atoms with E-state index in [1.807, 2.05) is 24.3 Å². The number of hydrogen-bond donors (Lipinski definition) is 1. The van der Waals surface area contributed by atoms with Crippen molar-refractivity contribution in [3.63, 3.8) is 0 Å². The molecule has 0 saturated heterocycles. The third-order valence-electron chi connectivity index (χ3n) is 4.02. The van der Waals surface area contributed by atoms with Crippen molar-refractivity contribution in [2.24, 2.45) is 5.92 Å². The van der Waals surface area contributed by atoms with Crippen molar-refractivity contribution in [1.29, 1.82) is 0 Å². The number of benzene rings is 1. The molecule has 1 fully saturated rings. The van der Waals surface area contributed by atoms with E-state index in [4.69, 9.17) is 11.6 Å². The first-order valence-corrected chi connectivity index (χ1v) is 8.40. The van der Waals surface area contributed by atoms with Crippen LogP contribution >= 0.6 is 22.9 Å². The van der Waals surface area contributed by atoms with Crippen molar-refractivity contribution >= 4 is 38.9 Å². The second kappa shape index (κ2) is 6.15. The van der Waals surface area contributed by atoms with Crippen LogP contribution in [-0.4, -0.2) is 12.5 Å². The molecule has 1 aromatic carbocycles. The van der Waals surface area contributed by atoms with Crippen molar-refractivity contribution in [2.45, 2.75) is 32.1 Å². The summed E-state index contributed by atoms with van der Waals surface area (Å²) in [5.41, 5.74) is 0. The molecule has 3 rings (SSSR count). The summed E-state index contributed by atoms with van der Waals surface area (Å²) in [7, 11) is 0. The normalized spacial score (nSPS) is 16.4. The summed E-state index contributed by atoms with van der Waals surface area (Å²) in [4.78, 5) is 12.9. The van der Waals surface area contributed by atoms with E-state index in [9.17, 15) is 4.79 Å². The first-order chi connectivity index (χ1) is 9.75. The number of nitrogens with one attached hydrogen (secondary N) is 1. The van der Waals surface area contributed by atoms with Crippen LogP contribution < -0.4 is 5.32 Å². The van der Waals surface area contributed by atoms with Gasteiger partial charge in [0, 0.05) is 16.6 Å². The SMILES string of the molecule is O=C(NCC1CCCCC1)c1sc2ccccc2c1Cl. The zero-order valence-electron chi connectivity index (χ0n) is 11.3. The summed E-state index contributed by atoms with van der Waals surface area (Å²) in [5, 5.41) is 4.62. The third kappa shape index (κ3) is 2.84. The van der Waals surface area contributed by atoms with Gasteiger partial charge in [0.15, 0.2) is 0 Å². The lowest BCUT2D eigenvalue weighted by Crippen LogP contribution is -2.29. The summed E-state index contributed by atoms with van der Waals surface area (Å²) < 4.78 is 1.07. The minimum atomic E-state index is -0.0261. The highest BCUT2D eigenvalue weighted by atomic mass is 35.5. The van der Waals surface area contributed by atoms with Crippen molar-refractivity contribution in [3.05, 3.63) is 34.2 Å². The maximum atomic E-state index is 12.3. The fourth-order valence-corrected chi connectivity index (χ4v) is 4.30. The Kier molecular flexibility index (Phi) is 4.27. The number of fused-ring (bicyclic) bond motifs is 1. The molecule has 0 atom stereocenters. The van der Waals surface area contributed by atoms with E-state index < -0.39 is 0 Å². The van der Waals surface area contributed by atoms with Crippen LogP contribution in [-0.2, 0) is 0 Å². The van der Waals surface area contributed by atoms with Crippen molar-refractivity contribution in [1.82, 2.24) is 5.32 Å². The van der Waals surface area contributed by atoms with Gasteiger partial charge in [-0.15, -0.1) is 11.3 Å². The predicted molar refractivity (Wildman–Crippen MR) is 85.7 cm³/mol.